The summed E-state index contributed by atoms with van der Waals surface area (Å²) in [5, 5.41) is 11.9. The van der Waals surface area contributed by atoms with Crippen molar-refractivity contribution in [3.8, 4) is 0 Å². The average molecular weight is 301 g/mol. The molecule has 1 aliphatic rings. The molecule has 2 amide bonds. The fourth-order valence-electron chi connectivity index (χ4n) is 2.35. The van der Waals surface area contributed by atoms with Gasteiger partial charge in [0, 0.05) is 31.4 Å². The zero-order valence-electron chi connectivity index (χ0n) is 11.5. The molecule has 112 valence electrons. The zero-order chi connectivity index (χ0) is 14.9. The molecule has 1 aliphatic heterocycles. The van der Waals surface area contributed by atoms with Crippen LogP contribution in [0.25, 0.3) is 0 Å². The standard InChI is InChI=1S/C11H19N5O3S/c1-8-6-10(14-15(8)2)13-11(17)16-5-3-4-9(16)7-20(12,18)19/h6,9H,3-5,7H2,1-2H3,(H2,12,18,19)(H,13,14,17)/t9-/m1/s1. The topological polar surface area (TPSA) is 110 Å². The summed E-state index contributed by atoms with van der Waals surface area (Å²) in [6.45, 7) is 2.40. The first kappa shape index (κ1) is 14.8. The van der Waals surface area contributed by atoms with Gasteiger partial charge in [-0.05, 0) is 19.8 Å². The molecule has 1 aromatic heterocycles. The lowest BCUT2D eigenvalue weighted by Gasteiger charge is -2.23. The van der Waals surface area contributed by atoms with Gasteiger partial charge >= 0.3 is 6.03 Å². The molecule has 0 saturated carbocycles. The second-order valence-electron chi connectivity index (χ2n) is 5.04. The van der Waals surface area contributed by atoms with Gasteiger partial charge in [-0.15, -0.1) is 0 Å². The fraction of sp³-hybridized carbons (Fsp3) is 0.636. The van der Waals surface area contributed by atoms with Crippen LogP contribution in [0.1, 0.15) is 18.5 Å². The van der Waals surface area contributed by atoms with E-state index < -0.39 is 10.0 Å². The zero-order valence-corrected chi connectivity index (χ0v) is 12.4. The lowest BCUT2D eigenvalue weighted by atomic mass is 10.2. The van der Waals surface area contributed by atoms with Crippen molar-refractivity contribution >= 4 is 21.9 Å². The maximum Gasteiger partial charge on any atom is 0.323 e. The third kappa shape index (κ3) is 3.48. The molecule has 8 nitrogen and oxygen atoms in total. The average Bonchev–Trinajstić information content (AvgIpc) is 2.85. The molecule has 2 rings (SSSR count). The van der Waals surface area contributed by atoms with E-state index in [1.165, 1.54) is 4.90 Å². The van der Waals surface area contributed by atoms with Gasteiger partial charge in [0.1, 0.15) is 0 Å². The summed E-state index contributed by atoms with van der Waals surface area (Å²) in [5.41, 5.74) is 0.919. The maximum absolute atomic E-state index is 12.2. The van der Waals surface area contributed by atoms with Crippen LogP contribution in [0.15, 0.2) is 6.07 Å². The summed E-state index contributed by atoms with van der Waals surface area (Å²) in [5.74, 6) is 0.248. The van der Waals surface area contributed by atoms with Crippen LogP contribution >= 0.6 is 0 Å². The summed E-state index contributed by atoms with van der Waals surface area (Å²) in [7, 11) is -1.81. The van der Waals surface area contributed by atoms with Crippen molar-refractivity contribution in [2.75, 3.05) is 17.6 Å². The predicted molar refractivity (Wildman–Crippen MR) is 74.7 cm³/mol. The Morgan fingerprint density at radius 3 is 2.85 bits per heavy atom. The number of urea groups is 1. The Bertz CT molecular complexity index is 590. The van der Waals surface area contributed by atoms with Gasteiger partial charge < -0.3 is 4.90 Å². The molecular weight excluding hydrogens is 282 g/mol. The fourth-order valence-corrected chi connectivity index (χ4v) is 3.23. The summed E-state index contributed by atoms with van der Waals surface area (Å²) in [6.07, 6.45) is 1.42. The summed E-state index contributed by atoms with van der Waals surface area (Å²) in [4.78, 5) is 13.7. The number of carbonyl (C=O) groups is 1. The minimum absolute atomic E-state index is 0.207. The van der Waals surface area contributed by atoms with Crippen LogP contribution in [0, 0.1) is 6.92 Å². The van der Waals surface area contributed by atoms with Crippen LogP contribution in [0.3, 0.4) is 0 Å². The highest BCUT2D eigenvalue weighted by Crippen LogP contribution is 2.19. The molecule has 0 bridgehead atoms. The second kappa shape index (κ2) is 5.41. The van der Waals surface area contributed by atoms with E-state index in [1.54, 1.807) is 17.8 Å². The van der Waals surface area contributed by atoms with E-state index in [2.05, 4.69) is 10.4 Å². The molecule has 1 fully saturated rings. The molecule has 9 heteroatoms. The van der Waals surface area contributed by atoms with Gasteiger partial charge in [0.2, 0.25) is 10.0 Å². The van der Waals surface area contributed by atoms with E-state index in [9.17, 15) is 13.2 Å². The molecular formula is C11H19N5O3S. The van der Waals surface area contributed by atoms with Crippen molar-refractivity contribution in [2.24, 2.45) is 12.2 Å². The van der Waals surface area contributed by atoms with Crippen molar-refractivity contribution in [2.45, 2.75) is 25.8 Å². The number of anilines is 1. The van der Waals surface area contributed by atoms with Crippen LogP contribution in [-0.2, 0) is 17.1 Å². The predicted octanol–water partition coefficient (Wildman–Crippen LogP) is 0.0133. The van der Waals surface area contributed by atoms with Gasteiger partial charge in [0.05, 0.1) is 5.75 Å². The Kier molecular flexibility index (Phi) is 4.00. The number of aromatic nitrogens is 2. The minimum Gasteiger partial charge on any atom is -0.320 e. The van der Waals surface area contributed by atoms with Gasteiger partial charge in [-0.2, -0.15) is 5.10 Å². The van der Waals surface area contributed by atoms with Gasteiger partial charge in [0.25, 0.3) is 0 Å². The van der Waals surface area contributed by atoms with E-state index in [4.69, 9.17) is 5.14 Å². The number of hydrogen-bond acceptors (Lipinski definition) is 4. The summed E-state index contributed by atoms with van der Waals surface area (Å²) >= 11 is 0. The first-order valence-corrected chi connectivity index (χ1v) is 8.06. The number of likely N-dealkylation sites (tertiary alicyclic amines) is 1. The normalized spacial score (nSPS) is 19.4. The molecule has 1 saturated heterocycles. The van der Waals surface area contributed by atoms with E-state index in [-0.39, 0.29) is 17.8 Å². The molecule has 1 aromatic rings. The first-order valence-electron chi connectivity index (χ1n) is 6.35. The van der Waals surface area contributed by atoms with Crippen LogP contribution in [0.2, 0.25) is 0 Å². The Hall–Kier alpha value is -1.61. The monoisotopic (exact) mass is 301 g/mol. The van der Waals surface area contributed by atoms with Crippen LogP contribution in [-0.4, -0.2) is 47.5 Å². The molecule has 0 spiro atoms. The molecule has 2 heterocycles. The van der Waals surface area contributed by atoms with E-state index >= 15 is 0 Å². The van der Waals surface area contributed by atoms with Crippen molar-refractivity contribution in [3.05, 3.63) is 11.8 Å². The van der Waals surface area contributed by atoms with Gasteiger partial charge in [-0.3, -0.25) is 10.00 Å². The number of nitrogens with one attached hydrogen (secondary N) is 1. The number of aryl methyl sites for hydroxylation is 2. The molecule has 1 atom stereocenters. The lowest BCUT2D eigenvalue weighted by Crippen LogP contribution is -2.43. The number of sulfonamides is 1. The molecule has 0 aromatic carbocycles. The number of nitrogens with zero attached hydrogens (tertiary/aromatic N) is 3. The third-order valence-electron chi connectivity index (χ3n) is 3.41. The van der Waals surface area contributed by atoms with Gasteiger partial charge in [-0.25, -0.2) is 18.4 Å². The first-order chi connectivity index (χ1) is 9.26. The molecule has 0 aliphatic carbocycles. The summed E-state index contributed by atoms with van der Waals surface area (Å²) in [6, 6.07) is 1.05. The smallest absolute Gasteiger partial charge is 0.320 e. The van der Waals surface area contributed by atoms with Crippen molar-refractivity contribution in [1.29, 1.82) is 0 Å². The van der Waals surface area contributed by atoms with Crippen molar-refractivity contribution in [3.63, 3.8) is 0 Å². The quantitative estimate of drug-likeness (QED) is 0.819. The SMILES string of the molecule is Cc1cc(NC(=O)N2CCC[C@@H]2CS(N)(=O)=O)nn1C. The van der Waals surface area contributed by atoms with Crippen molar-refractivity contribution < 1.29 is 13.2 Å². The Labute approximate surface area is 118 Å². The minimum atomic E-state index is -3.59. The van der Waals surface area contributed by atoms with Gasteiger partial charge in [0.15, 0.2) is 5.82 Å². The molecule has 3 N–H and O–H groups in total. The Balaban J connectivity index is 2.04. The van der Waals surface area contributed by atoms with Crippen LogP contribution < -0.4 is 10.5 Å². The highest BCUT2D eigenvalue weighted by Gasteiger charge is 2.31. The molecule has 20 heavy (non-hydrogen) atoms. The Morgan fingerprint density at radius 1 is 1.60 bits per heavy atom. The highest BCUT2D eigenvalue weighted by molar-refractivity contribution is 7.89. The van der Waals surface area contributed by atoms with Crippen LogP contribution in [0.4, 0.5) is 10.6 Å². The highest BCUT2D eigenvalue weighted by atomic mass is 32.2. The van der Waals surface area contributed by atoms with Crippen LogP contribution in [0.5, 0.6) is 0 Å². The molecule has 0 unspecified atom stereocenters. The molecule has 0 radical (unpaired) electrons. The number of amides is 2. The van der Waals surface area contributed by atoms with E-state index in [0.717, 1.165) is 12.1 Å². The number of carbonyl (C=O) groups excluding carboxylic acids is 1. The largest absolute Gasteiger partial charge is 0.323 e. The lowest BCUT2D eigenvalue weighted by molar-refractivity contribution is 0.210. The van der Waals surface area contributed by atoms with Crippen molar-refractivity contribution in [1.82, 2.24) is 14.7 Å². The second-order valence-corrected chi connectivity index (χ2v) is 6.70. The van der Waals surface area contributed by atoms with Gasteiger partial charge in [-0.1, -0.05) is 0 Å². The van der Waals surface area contributed by atoms with E-state index in [1.807, 2.05) is 6.92 Å². The summed E-state index contributed by atoms with van der Waals surface area (Å²) < 4.78 is 24.0. The number of rotatable bonds is 3. The number of hydrogen-bond donors (Lipinski definition) is 2. The number of nitrogens with two attached hydrogens (primary N) is 1. The number of primary sulfonamides is 1. The third-order valence-corrected chi connectivity index (χ3v) is 4.26. The Morgan fingerprint density at radius 2 is 2.30 bits per heavy atom. The van der Waals surface area contributed by atoms with E-state index in [0.29, 0.717) is 18.8 Å². The maximum atomic E-state index is 12.2.